The summed E-state index contributed by atoms with van der Waals surface area (Å²) in [4.78, 5) is 12.7. The fourth-order valence-electron chi connectivity index (χ4n) is 2.86. The molecule has 0 radical (unpaired) electrons. The summed E-state index contributed by atoms with van der Waals surface area (Å²) in [7, 11) is 1.56. The van der Waals surface area contributed by atoms with Crippen LogP contribution in [0.5, 0.6) is 5.75 Å². The van der Waals surface area contributed by atoms with Gasteiger partial charge in [-0.2, -0.15) is 0 Å². The maximum Gasteiger partial charge on any atom is 0.259 e. The van der Waals surface area contributed by atoms with Gasteiger partial charge >= 0.3 is 0 Å². The third-order valence-corrected chi connectivity index (χ3v) is 4.42. The second kappa shape index (κ2) is 8.49. The number of amides is 1. The number of hydrogen-bond donors (Lipinski definition) is 2. The number of halogens is 2. The summed E-state index contributed by atoms with van der Waals surface area (Å²) in [5.74, 6) is -0.500. The molecule has 0 fully saturated rings. The molecule has 1 aliphatic heterocycles. The lowest BCUT2D eigenvalue weighted by atomic mass is 9.99. The lowest BCUT2D eigenvalue weighted by Crippen LogP contribution is -2.25. The van der Waals surface area contributed by atoms with E-state index in [1.54, 1.807) is 25.3 Å². The zero-order valence-electron chi connectivity index (χ0n) is 14.4. The van der Waals surface area contributed by atoms with Crippen LogP contribution in [0.25, 0.3) is 0 Å². The van der Waals surface area contributed by atoms with Crippen molar-refractivity contribution in [1.29, 1.82) is 0 Å². The molecule has 2 N–H and O–H groups in total. The fourth-order valence-corrected chi connectivity index (χ4v) is 3.03. The third-order valence-electron chi connectivity index (χ3n) is 4.19. The summed E-state index contributed by atoms with van der Waals surface area (Å²) >= 11 is 6.01. The molecule has 0 saturated heterocycles. The molecule has 138 valence electrons. The summed E-state index contributed by atoms with van der Waals surface area (Å²) < 4.78 is 25.3. The van der Waals surface area contributed by atoms with Gasteiger partial charge in [-0.3, -0.25) is 4.79 Å². The largest absolute Gasteiger partial charge is 0.490 e. The Morgan fingerprint density at radius 2 is 2.15 bits per heavy atom. The summed E-state index contributed by atoms with van der Waals surface area (Å²) in [6.07, 6.45) is 0.591. The highest BCUT2D eigenvalue weighted by Gasteiger charge is 2.20. The van der Waals surface area contributed by atoms with E-state index in [-0.39, 0.29) is 17.1 Å². The van der Waals surface area contributed by atoms with Gasteiger partial charge < -0.3 is 20.1 Å². The number of methoxy groups -OCH3 is 1. The Bertz CT molecular complexity index is 814. The van der Waals surface area contributed by atoms with Gasteiger partial charge in [-0.25, -0.2) is 4.39 Å². The molecule has 2 aromatic rings. The summed E-state index contributed by atoms with van der Waals surface area (Å²) in [5.41, 5.74) is 1.95. The minimum absolute atomic E-state index is 0.151. The predicted octanol–water partition coefficient (Wildman–Crippen LogP) is 3.40. The van der Waals surface area contributed by atoms with E-state index in [1.165, 1.54) is 6.07 Å². The van der Waals surface area contributed by atoms with Gasteiger partial charge in [-0.1, -0.05) is 17.7 Å². The average molecular weight is 379 g/mol. The van der Waals surface area contributed by atoms with Crippen molar-refractivity contribution in [3.63, 3.8) is 0 Å². The zero-order valence-corrected chi connectivity index (χ0v) is 15.2. The van der Waals surface area contributed by atoms with Crippen molar-refractivity contribution in [2.24, 2.45) is 0 Å². The molecule has 1 amide bonds. The molecule has 2 aromatic carbocycles. The van der Waals surface area contributed by atoms with E-state index in [4.69, 9.17) is 21.1 Å². The van der Waals surface area contributed by atoms with Crippen LogP contribution in [0.4, 0.5) is 10.1 Å². The smallest absolute Gasteiger partial charge is 0.259 e. The maximum atomic E-state index is 14.7. The van der Waals surface area contributed by atoms with Crippen LogP contribution in [0.3, 0.4) is 0 Å². The molecule has 5 nitrogen and oxygen atoms in total. The van der Waals surface area contributed by atoms with Crippen molar-refractivity contribution in [1.82, 2.24) is 5.32 Å². The van der Waals surface area contributed by atoms with Gasteiger partial charge in [0.05, 0.1) is 17.9 Å². The molecule has 7 heteroatoms. The Hall–Kier alpha value is -2.15. The fraction of sp³-hybridized carbons (Fsp3) is 0.316. The molecule has 26 heavy (non-hydrogen) atoms. The number of carbonyl (C=O) groups is 1. The van der Waals surface area contributed by atoms with Crippen LogP contribution in [0.15, 0.2) is 30.3 Å². The minimum Gasteiger partial charge on any atom is -0.490 e. The first kappa shape index (κ1) is 18.6. The number of rotatable bonds is 6. The first-order valence-corrected chi connectivity index (χ1v) is 8.71. The highest BCUT2D eigenvalue weighted by molar-refractivity contribution is 6.31. The average Bonchev–Trinajstić information content (AvgIpc) is 2.65. The standard InChI is InChI=1S/C19H20ClFN2O3/c1-25-8-9-26-17-5-3-13(20)10-15(17)19(24)23-16-4-2-12-11-22-7-6-14(12)18(16)21/h2-5,10,22H,6-9,11H2,1H3,(H,23,24). The molecule has 1 heterocycles. The molecule has 0 saturated carbocycles. The number of fused-ring (bicyclic) bond motifs is 1. The summed E-state index contributed by atoms with van der Waals surface area (Å²) in [6, 6.07) is 8.15. The van der Waals surface area contributed by atoms with Crippen LogP contribution in [0.1, 0.15) is 21.5 Å². The van der Waals surface area contributed by atoms with Gasteiger partial charge in [-0.05, 0) is 48.4 Å². The number of hydrogen-bond acceptors (Lipinski definition) is 4. The molecular formula is C19H20ClFN2O3. The normalized spacial score (nSPS) is 13.2. The van der Waals surface area contributed by atoms with Gasteiger partial charge in [0.25, 0.3) is 5.91 Å². The SMILES string of the molecule is COCCOc1ccc(Cl)cc1C(=O)Nc1ccc2c(c1F)CCNC2. The Morgan fingerprint density at radius 3 is 2.96 bits per heavy atom. The van der Waals surface area contributed by atoms with Crippen molar-refractivity contribution in [2.75, 3.05) is 32.2 Å². The first-order chi connectivity index (χ1) is 12.6. The van der Waals surface area contributed by atoms with Crippen molar-refractivity contribution in [2.45, 2.75) is 13.0 Å². The predicted molar refractivity (Wildman–Crippen MR) is 98.6 cm³/mol. The Kier molecular flexibility index (Phi) is 6.08. The maximum absolute atomic E-state index is 14.7. The van der Waals surface area contributed by atoms with Gasteiger partial charge in [0.15, 0.2) is 0 Å². The van der Waals surface area contributed by atoms with Crippen LogP contribution < -0.4 is 15.4 Å². The number of nitrogens with one attached hydrogen (secondary N) is 2. The molecule has 0 spiro atoms. The Labute approximate surface area is 156 Å². The highest BCUT2D eigenvalue weighted by atomic mass is 35.5. The van der Waals surface area contributed by atoms with Crippen molar-refractivity contribution in [3.8, 4) is 5.75 Å². The molecule has 0 atom stereocenters. The quantitative estimate of drug-likeness (QED) is 0.756. The second-order valence-electron chi connectivity index (χ2n) is 5.93. The Morgan fingerprint density at radius 1 is 1.31 bits per heavy atom. The molecule has 0 bridgehead atoms. The van der Waals surface area contributed by atoms with E-state index in [9.17, 15) is 9.18 Å². The first-order valence-electron chi connectivity index (χ1n) is 8.33. The lowest BCUT2D eigenvalue weighted by molar-refractivity contribution is 0.101. The topological polar surface area (TPSA) is 59.6 Å². The lowest BCUT2D eigenvalue weighted by Gasteiger charge is -2.19. The van der Waals surface area contributed by atoms with Crippen LogP contribution >= 0.6 is 11.6 Å². The number of anilines is 1. The molecule has 0 aliphatic carbocycles. The van der Waals surface area contributed by atoms with E-state index in [0.717, 1.165) is 5.56 Å². The van der Waals surface area contributed by atoms with Gasteiger partial charge in [0.2, 0.25) is 0 Å². The van der Waals surface area contributed by atoms with Crippen molar-refractivity contribution >= 4 is 23.2 Å². The molecule has 0 aromatic heterocycles. The van der Waals surface area contributed by atoms with Crippen molar-refractivity contribution in [3.05, 3.63) is 57.9 Å². The van der Waals surface area contributed by atoms with Gasteiger partial charge in [0.1, 0.15) is 18.2 Å². The number of ether oxygens (including phenoxy) is 2. The van der Waals surface area contributed by atoms with E-state index in [0.29, 0.717) is 49.1 Å². The second-order valence-corrected chi connectivity index (χ2v) is 6.36. The van der Waals surface area contributed by atoms with Crippen LogP contribution in [-0.4, -0.2) is 32.8 Å². The molecular weight excluding hydrogens is 359 g/mol. The van der Waals surface area contributed by atoms with E-state index >= 15 is 0 Å². The van der Waals surface area contributed by atoms with Crippen LogP contribution in [-0.2, 0) is 17.7 Å². The van der Waals surface area contributed by atoms with Gasteiger partial charge in [-0.15, -0.1) is 0 Å². The zero-order chi connectivity index (χ0) is 18.5. The summed E-state index contributed by atoms with van der Waals surface area (Å²) in [6.45, 7) is 2.02. The monoisotopic (exact) mass is 378 g/mol. The minimum atomic E-state index is -0.479. The number of benzene rings is 2. The van der Waals surface area contributed by atoms with E-state index < -0.39 is 5.91 Å². The van der Waals surface area contributed by atoms with Crippen molar-refractivity contribution < 1.29 is 18.7 Å². The molecule has 1 aliphatic rings. The summed E-state index contributed by atoms with van der Waals surface area (Å²) in [5, 5.41) is 6.22. The van der Waals surface area contributed by atoms with E-state index in [1.807, 2.05) is 6.07 Å². The molecule has 0 unspecified atom stereocenters. The van der Waals surface area contributed by atoms with Crippen LogP contribution in [0.2, 0.25) is 5.02 Å². The molecule has 3 rings (SSSR count). The highest BCUT2D eigenvalue weighted by Crippen LogP contribution is 2.27. The van der Waals surface area contributed by atoms with E-state index in [2.05, 4.69) is 10.6 Å². The number of carbonyl (C=O) groups excluding carboxylic acids is 1. The third kappa shape index (κ3) is 4.15. The Balaban J connectivity index is 1.83. The van der Waals surface area contributed by atoms with Crippen LogP contribution in [0, 0.1) is 5.82 Å². The van der Waals surface area contributed by atoms with Gasteiger partial charge in [0, 0.05) is 18.7 Å².